The molecule has 2 aromatic heterocycles. The van der Waals surface area contributed by atoms with Crippen molar-refractivity contribution in [1.82, 2.24) is 9.19 Å². The predicted molar refractivity (Wildman–Crippen MR) is 91.5 cm³/mol. The summed E-state index contributed by atoms with van der Waals surface area (Å²) < 4.78 is 31.4. The van der Waals surface area contributed by atoms with Gasteiger partial charge in [0.25, 0.3) is 15.7 Å². The Hall–Kier alpha value is -3.53. The number of hydrogen-bond donors (Lipinski definition) is 0. The molecule has 0 amide bonds. The Bertz CT molecular complexity index is 1350. The lowest BCUT2D eigenvalue weighted by molar-refractivity contribution is -0.387. The van der Waals surface area contributed by atoms with E-state index in [0.29, 0.717) is 9.47 Å². The van der Waals surface area contributed by atoms with E-state index < -0.39 is 31.2 Å². The summed E-state index contributed by atoms with van der Waals surface area (Å²) in [6.07, 6.45) is 1.000. The van der Waals surface area contributed by atoms with Crippen LogP contribution in [0, 0.1) is 10.1 Å². The first kappa shape index (κ1) is 16.0. The molecule has 4 aromatic rings. The highest BCUT2D eigenvalue weighted by Crippen LogP contribution is 2.27. The van der Waals surface area contributed by atoms with Gasteiger partial charge in [-0.25, -0.2) is 4.79 Å². The number of hydrogen-bond acceptors (Lipinski definition) is 7. The van der Waals surface area contributed by atoms with Crippen molar-refractivity contribution < 1.29 is 17.8 Å². The van der Waals surface area contributed by atoms with Crippen molar-refractivity contribution in [3.05, 3.63) is 75.3 Å². The third-order valence-electron chi connectivity index (χ3n) is 3.84. The van der Waals surface area contributed by atoms with Crippen LogP contribution in [0.4, 0.5) is 5.69 Å². The van der Waals surface area contributed by atoms with Gasteiger partial charge in [0.05, 0.1) is 11.1 Å². The van der Waals surface area contributed by atoms with Crippen molar-refractivity contribution in [2.75, 3.05) is 0 Å². The van der Waals surface area contributed by atoms with Crippen LogP contribution in [0.15, 0.2) is 68.8 Å². The van der Waals surface area contributed by atoms with Gasteiger partial charge in [0.15, 0.2) is 4.90 Å². The van der Waals surface area contributed by atoms with Gasteiger partial charge in [-0.05, 0) is 18.2 Å². The minimum atomic E-state index is -4.38. The number of fused-ring (bicyclic) bond motifs is 3. The van der Waals surface area contributed by atoms with Crippen LogP contribution in [-0.4, -0.2) is 22.5 Å². The minimum Gasteiger partial charge on any atom is -0.422 e. The Morgan fingerprint density at radius 2 is 1.73 bits per heavy atom. The van der Waals surface area contributed by atoms with Crippen LogP contribution >= 0.6 is 0 Å². The molecule has 10 heteroatoms. The molecular formula is C16H9N3O6S. The summed E-state index contributed by atoms with van der Waals surface area (Å²) in [5.41, 5.74) is -0.927. The standard InChI is InChI=1S/C16H9N3O6S/c20-16-11-9-18(17-15(11)10-5-1-3-7-13(10)25-16)26(23,24)14-8-4-2-6-12(14)19(21)22/h1-9H. The maximum Gasteiger partial charge on any atom is 0.347 e. The molecule has 26 heavy (non-hydrogen) atoms. The topological polar surface area (TPSA) is 125 Å². The van der Waals surface area contributed by atoms with E-state index in [0.717, 1.165) is 18.3 Å². The van der Waals surface area contributed by atoms with Crippen LogP contribution in [0.5, 0.6) is 0 Å². The molecular weight excluding hydrogens is 362 g/mol. The van der Waals surface area contributed by atoms with Gasteiger partial charge >= 0.3 is 5.63 Å². The number of nitrogens with zero attached hydrogens (tertiary/aromatic N) is 3. The monoisotopic (exact) mass is 371 g/mol. The summed E-state index contributed by atoms with van der Waals surface area (Å²) in [5, 5.41) is 15.6. The lowest BCUT2D eigenvalue weighted by Gasteiger charge is -2.04. The third kappa shape index (κ3) is 2.27. The predicted octanol–water partition coefficient (Wildman–Crippen LogP) is 2.29. The van der Waals surface area contributed by atoms with Gasteiger partial charge < -0.3 is 4.42 Å². The highest BCUT2D eigenvalue weighted by molar-refractivity contribution is 7.90. The van der Waals surface area contributed by atoms with Gasteiger partial charge in [-0.15, -0.1) is 0 Å². The molecule has 9 nitrogen and oxygen atoms in total. The van der Waals surface area contributed by atoms with E-state index >= 15 is 0 Å². The summed E-state index contributed by atoms with van der Waals surface area (Å²) in [6, 6.07) is 11.5. The number of nitro groups is 1. The molecule has 2 aromatic carbocycles. The molecule has 0 fully saturated rings. The Morgan fingerprint density at radius 1 is 1.04 bits per heavy atom. The average molecular weight is 371 g/mol. The van der Waals surface area contributed by atoms with E-state index in [9.17, 15) is 23.3 Å². The molecule has 0 atom stereocenters. The van der Waals surface area contributed by atoms with Crippen LogP contribution in [0.3, 0.4) is 0 Å². The number of rotatable bonds is 3. The Kier molecular flexibility index (Phi) is 3.37. The Labute approximate surface area is 145 Å². The highest BCUT2D eigenvalue weighted by Gasteiger charge is 2.28. The fourth-order valence-corrected chi connectivity index (χ4v) is 3.95. The first-order chi connectivity index (χ1) is 12.4. The molecule has 0 saturated heterocycles. The molecule has 0 unspecified atom stereocenters. The van der Waals surface area contributed by atoms with Crippen LogP contribution in [-0.2, 0) is 10.0 Å². The van der Waals surface area contributed by atoms with E-state index in [1.165, 1.54) is 12.1 Å². The molecule has 0 aliphatic heterocycles. The van der Waals surface area contributed by atoms with Gasteiger partial charge in [-0.2, -0.15) is 17.6 Å². The Morgan fingerprint density at radius 3 is 2.50 bits per heavy atom. The zero-order valence-corrected chi connectivity index (χ0v) is 13.7. The molecule has 2 heterocycles. The van der Waals surface area contributed by atoms with Gasteiger partial charge in [-0.1, -0.05) is 24.3 Å². The van der Waals surface area contributed by atoms with E-state index in [1.807, 2.05) is 0 Å². The molecule has 0 aliphatic rings. The fourth-order valence-electron chi connectivity index (χ4n) is 2.66. The summed E-state index contributed by atoms with van der Waals surface area (Å²) in [7, 11) is -4.38. The molecule has 0 spiro atoms. The molecule has 0 saturated carbocycles. The van der Waals surface area contributed by atoms with E-state index in [2.05, 4.69) is 5.10 Å². The van der Waals surface area contributed by atoms with Gasteiger partial charge in [0.2, 0.25) is 0 Å². The van der Waals surface area contributed by atoms with E-state index in [1.54, 1.807) is 24.3 Å². The summed E-state index contributed by atoms with van der Waals surface area (Å²) in [6.45, 7) is 0. The van der Waals surface area contributed by atoms with Crippen molar-refractivity contribution in [1.29, 1.82) is 0 Å². The van der Waals surface area contributed by atoms with Gasteiger partial charge in [0.1, 0.15) is 16.5 Å². The molecule has 0 aliphatic carbocycles. The summed E-state index contributed by atoms with van der Waals surface area (Å²) in [5.74, 6) is 0. The highest BCUT2D eigenvalue weighted by atomic mass is 32.2. The van der Waals surface area contributed by atoms with E-state index in [4.69, 9.17) is 4.42 Å². The second-order valence-corrected chi connectivity index (χ2v) is 7.14. The molecule has 4 rings (SSSR count). The van der Waals surface area contributed by atoms with Crippen LogP contribution < -0.4 is 5.63 Å². The summed E-state index contributed by atoms with van der Waals surface area (Å²) in [4.78, 5) is 22.0. The lowest BCUT2D eigenvalue weighted by Crippen LogP contribution is -2.15. The van der Waals surface area contributed by atoms with Crippen molar-refractivity contribution in [3.63, 3.8) is 0 Å². The maximum atomic E-state index is 12.8. The lowest BCUT2D eigenvalue weighted by atomic mass is 10.2. The minimum absolute atomic E-state index is 0.0362. The first-order valence-electron chi connectivity index (χ1n) is 7.30. The number of aromatic nitrogens is 2. The summed E-state index contributed by atoms with van der Waals surface area (Å²) >= 11 is 0. The van der Waals surface area contributed by atoms with Gasteiger partial charge in [-0.3, -0.25) is 10.1 Å². The third-order valence-corrected chi connectivity index (χ3v) is 5.42. The van der Waals surface area contributed by atoms with Gasteiger partial charge in [0, 0.05) is 11.5 Å². The quantitative estimate of drug-likeness (QED) is 0.307. The van der Waals surface area contributed by atoms with Crippen molar-refractivity contribution in [3.8, 4) is 0 Å². The fraction of sp³-hybridized carbons (Fsp3) is 0. The number of para-hydroxylation sites is 2. The normalized spacial score (nSPS) is 11.8. The van der Waals surface area contributed by atoms with E-state index in [-0.39, 0.29) is 16.5 Å². The zero-order valence-electron chi connectivity index (χ0n) is 12.9. The largest absolute Gasteiger partial charge is 0.422 e. The van der Waals surface area contributed by atoms with Crippen molar-refractivity contribution in [2.24, 2.45) is 0 Å². The number of nitro benzene ring substituents is 1. The second kappa shape index (κ2) is 5.49. The maximum absolute atomic E-state index is 12.8. The van der Waals surface area contributed by atoms with Crippen molar-refractivity contribution >= 4 is 37.6 Å². The van der Waals surface area contributed by atoms with Crippen LogP contribution in [0.1, 0.15) is 0 Å². The molecule has 0 bridgehead atoms. The molecule has 0 radical (unpaired) electrons. The average Bonchev–Trinajstić information content (AvgIpc) is 3.09. The van der Waals surface area contributed by atoms with Crippen LogP contribution in [0.25, 0.3) is 21.9 Å². The zero-order chi connectivity index (χ0) is 18.5. The Balaban J connectivity index is 2.04. The van der Waals surface area contributed by atoms with Crippen LogP contribution in [0.2, 0.25) is 0 Å². The SMILES string of the molecule is O=c1oc2ccccc2c2nn(S(=O)(=O)c3ccccc3[N+](=O)[O-])cc12. The number of benzene rings is 2. The van der Waals surface area contributed by atoms with Crippen molar-refractivity contribution in [2.45, 2.75) is 4.90 Å². The second-order valence-electron chi connectivity index (χ2n) is 5.38. The molecule has 0 N–H and O–H groups in total. The molecule has 130 valence electrons. The smallest absolute Gasteiger partial charge is 0.347 e. The first-order valence-corrected chi connectivity index (χ1v) is 8.74.